The molecule has 0 radical (unpaired) electrons. The number of halogens is 1. The number of allylic oxidation sites excluding steroid dienone is 1. The molecule has 3 heteroatoms. The number of ether oxygens (including phenoxy) is 1. The largest absolute Gasteiger partial charge is 0.497 e. The van der Waals surface area contributed by atoms with Crippen LogP contribution in [-0.4, -0.2) is 12.6 Å². The van der Waals surface area contributed by atoms with E-state index < -0.39 is 0 Å². The molecule has 86 valence electrons. The number of nitrogens with one attached hydrogen (secondary N) is 1. The molecule has 1 unspecified atom stereocenters. The number of anilines is 1. The minimum atomic E-state index is 0.289. The van der Waals surface area contributed by atoms with E-state index in [0.717, 1.165) is 29.5 Å². The molecule has 2 rings (SSSR count). The molecule has 0 saturated carbocycles. The van der Waals surface area contributed by atoms with Gasteiger partial charge in [0.1, 0.15) is 6.10 Å². The van der Waals surface area contributed by atoms with E-state index in [2.05, 4.69) is 52.4 Å². The second-order valence-electron chi connectivity index (χ2n) is 4.02. The van der Waals surface area contributed by atoms with Crippen molar-refractivity contribution in [1.29, 1.82) is 0 Å². The first kappa shape index (κ1) is 11.5. The average molecular weight is 282 g/mol. The maximum absolute atomic E-state index is 5.51. The van der Waals surface area contributed by atoms with Gasteiger partial charge in [-0.15, -0.1) is 0 Å². The van der Waals surface area contributed by atoms with Crippen LogP contribution in [0.5, 0.6) is 0 Å². The van der Waals surface area contributed by atoms with Gasteiger partial charge >= 0.3 is 0 Å². The lowest BCUT2D eigenvalue weighted by molar-refractivity contribution is 0.135. The van der Waals surface area contributed by atoms with Crippen molar-refractivity contribution >= 4 is 21.6 Å². The van der Waals surface area contributed by atoms with Crippen molar-refractivity contribution in [3.8, 4) is 0 Å². The van der Waals surface area contributed by atoms with Crippen LogP contribution in [0.2, 0.25) is 0 Å². The Morgan fingerprint density at radius 1 is 1.50 bits per heavy atom. The molecule has 0 saturated heterocycles. The van der Waals surface area contributed by atoms with Crippen LogP contribution in [0.25, 0.3) is 0 Å². The van der Waals surface area contributed by atoms with Crippen LogP contribution in [0.3, 0.4) is 0 Å². The van der Waals surface area contributed by atoms with Gasteiger partial charge in [-0.3, -0.25) is 0 Å². The van der Waals surface area contributed by atoms with Crippen molar-refractivity contribution in [2.45, 2.75) is 25.9 Å². The maximum Gasteiger partial charge on any atom is 0.115 e. The van der Waals surface area contributed by atoms with Crippen molar-refractivity contribution in [2.24, 2.45) is 0 Å². The van der Waals surface area contributed by atoms with Crippen LogP contribution in [-0.2, 0) is 4.74 Å². The van der Waals surface area contributed by atoms with Crippen LogP contribution in [0, 0.1) is 6.92 Å². The van der Waals surface area contributed by atoms with E-state index in [1.54, 1.807) is 6.26 Å². The normalized spacial score (nSPS) is 19.2. The molecule has 1 aliphatic heterocycles. The Labute approximate surface area is 105 Å². The Bertz CT molecular complexity index is 390. The fourth-order valence-electron chi connectivity index (χ4n) is 1.74. The van der Waals surface area contributed by atoms with Crippen LogP contribution < -0.4 is 5.32 Å². The number of rotatable bonds is 3. The molecular formula is C13H16BrNO. The molecule has 1 atom stereocenters. The van der Waals surface area contributed by atoms with Crippen molar-refractivity contribution in [1.82, 2.24) is 0 Å². The van der Waals surface area contributed by atoms with E-state index in [1.807, 2.05) is 0 Å². The summed E-state index contributed by atoms with van der Waals surface area (Å²) in [5.74, 6) is 0. The van der Waals surface area contributed by atoms with Crippen LogP contribution in [0.4, 0.5) is 5.69 Å². The number of aryl methyl sites for hydroxylation is 1. The second-order valence-corrected chi connectivity index (χ2v) is 4.82. The summed E-state index contributed by atoms with van der Waals surface area (Å²) >= 11 is 3.59. The standard InChI is InChI=1S/C13H16BrNO/c1-10-5-4-7-12(13(10)14)15-9-11-6-2-3-8-16-11/h3-5,7-8,11,15H,2,6,9H2,1H3. The molecular weight excluding hydrogens is 266 g/mol. The summed E-state index contributed by atoms with van der Waals surface area (Å²) in [4.78, 5) is 0. The highest BCUT2D eigenvalue weighted by Crippen LogP contribution is 2.26. The maximum atomic E-state index is 5.51. The first-order valence-corrected chi connectivity index (χ1v) is 6.36. The molecule has 1 aliphatic rings. The molecule has 16 heavy (non-hydrogen) atoms. The van der Waals surface area contributed by atoms with Gasteiger partial charge in [0, 0.05) is 10.2 Å². The fraction of sp³-hybridized carbons (Fsp3) is 0.385. The number of hydrogen-bond acceptors (Lipinski definition) is 2. The lowest BCUT2D eigenvalue weighted by Gasteiger charge is -2.20. The Kier molecular flexibility index (Phi) is 3.88. The SMILES string of the molecule is Cc1cccc(NCC2CCC=CO2)c1Br. The van der Waals surface area contributed by atoms with Gasteiger partial charge in [-0.1, -0.05) is 12.1 Å². The summed E-state index contributed by atoms with van der Waals surface area (Å²) in [5.41, 5.74) is 2.38. The first-order valence-electron chi connectivity index (χ1n) is 5.57. The topological polar surface area (TPSA) is 21.3 Å². The highest BCUT2D eigenvalue weighted by Gasteiger charge is 2.11. The Balaban J connectivity index is 1.94. The number of hydrogen-bond donors (Lipinski definition) is 1. The molecule has 1 N–H and O–H groups in total. The smallest absolute Gasteiger partial charge is 0.115 e. The predicted octanol–water partition coefficient (Wildman–Crippen LogP) is 3.86. The molecule has 0 fully saturated rings. The van der Waals surface area contributed by atoms with E-state index >= 15 is 0 Å². The molecule has 1 aromatic carbocycles. The van der Waals surface area contributed by atoms with Crippen molar-refractivity contribution < 1.29 is 4.74 Å². The first-order chi connectivity index (χ1) is 7.77. The predicted molar refractivity (Wildman–Crippen MR) is 70.6 cm³/mol. The van der Waals surface area contributed by atoms with Gasteiger partial charge in [0.05, 0.1) is 12.8 Å². The van der Waals surface area contributed by atoms with Crippen LogP contribution in [0.1, 0.15) is 18.4 Å². The molecule has 2 nitrogen and oxygen atoms in total. The zero-order chi connectivity index (χ0) is 11.4. The van der Waals surface area contributed by atoms with Crippen molar-refractivity contribution in [3.05, 3.63) is 40.6 Å². The molecule has 0 amide bonds. The third kappa shape index (κ3) is 2.79. The van der Waals surface area contributed by atoms with Crippen molar-refractivity contribution in [2.75, 3.05) is 11.9 Å². The summed E-state index contributed by atoms with van der Waals surface area (Å²) in [7, 11) is 0. The molecule has 0 bridgehead atoms. The summed E-state index contributed by atoms with van der Waals surface area (Å²) in [5, 5.41) is 3.42. The lowest BCUT2D eigenvalue weighted by atomic mass is 10.1. The highest BCUT2D eigenvalue weighted by molar-refractivity contribution is 9.10. The molecule has 0 aliphatic carbocycles. The van der Waals surface area contributed by atoms with E-state index in [1.165, 1.54) is 5.56 Å². The van der Waals surface area contributed by atoms with E-state index in [4.69, 9.17) is 4.74 Å². The average Bonchev–Trinajstić information content (AvgIpc) is 2.32. The van der Waals surface area contributed by atoms with Gasteiger partial charge in [0.2, 0.25) is 0 Å². The van der Waals surface area contributed by atoms with Gasteiger partial charge < -0.3 is 10.1 Å². The summed E-state index contributed by atoms with van der Waals surface area (Å²) < 4.78 is 6.65. The Morgan fingerprint density at radius 3 is 3.12 bits per heavy atom. The molecule has 1 aromatic rings. The van der Waals surface area contributed by atoms with Gasteiger partial charge in [-0.25, -0.2) is 0 Å². The minimum Gasteiger partial charge on any atom is -0.497 e. The minimum absolute atomic E-state index is 0.289. The van der Waals surface area contributed by atoms with Crippen LogP contribution in [0.15, 0.2) is 35.0 Å². The zero-order valence-corrected chi connectivity index (χ0v) is 11.0. The fourth-order valence-corrected chi connectivity index (χ4v) is 2.15. The molecule has 1 heterocycles. The van der Waals surface area contributed by atoms with Crippen molar-refractivity contribution in [3.63, 3.8) is 0 Å². The monoisotopic (exact) mass is 281 g/mol. The quantitative estimate of drug-likeness (QED) is 0.908. The number of benzene rings is 1. The van der Waals surface area contributed by atoms with Gasteiger partial charge in [-0.2, -0.15) is 0 Å². The lowest BCUT2D eigenvalue weighted by Crippen LogP contribution is -2.23. The van der Waals surface area contributed by atoms with Gasteiger partial charge in [-0.05, 0) is 53.4 Å². The third-order valence-corrected chi connectivity index (χ3v) is 3.79. The van der Waals surface area contributed by atoms with E-state index in [0.29, 0.717) is 0 Å². The second kappa shape index (κ2) is 5.39. The van der Waals surface area contributed by atoms with Gasteiger partial charge in [0.15, 0.2) is 0 Å². The third-order valence-electron chi connectivity index (χ3n) is 2.73. The summed E-state index contributed by atoms with van der Waals surface area (Å²) in [6, 6.07) is 6.23. The Hall–Kier alpha value is -0.960. The summed E-state index contributed by atoms with van der Waals surface area (Å²) in [6.07, 6.45) is 6.37. The van der Waals surface area contributed by atoms with E-state index in [-0.39, 0.29) is 6.10 Å². The molecule has 0 spiro atoms. The highest BCUT2D eigenvalue weighted by atomic mass is 79.9. The zero-order valence-electron chi connectivity index (χ0n) is 9.37. The van der Waals surface area contributed by atoms with Gasteiger partial charge in [0.25, 0.3) is 0 Å². The van der Waals surface area contributed by atoms with Crippen LogP contribution >= 0.6 is 15.9 Å². The Morgan fingerprint density at radius 2 is 2.38 bits per heavy atom. The molecule has 0 aromatic heterocycles. The van der Waals surface area contributed by atoms with E-state index in [9.17, 15) is 0 Å². The summed E-state index contributed by atoms with van der Waals surface area (Å²) in [6.45, 7) is 2.95.